The van der Waals surface area contributed by atoms with Crippen LogP contribution in [0.4, 0.5) is 11.4 Å². The zero-order chi connectivity index (χ0) is 21.0. The molecule has 1 N–H and O–H groups in total. The maximum absolute atomic E-state index is 12.2. The quantitative estimate of drug-likeness (QED) is 0.336. The molecule has 1 aromatic carbocycles. The second-order valence-corrected chi connectivity index (χ2v) is 6.86. The van der Waals surface area contributed by atoms with Crippen molar-refractivity contribution in [1.82, 2.24) is 24.5 Å². The number of ether oxygens (including phenoxy) is 1. The lowest BCUT2D eigenvalue weighted by Gasteiger charge is -2.07. The summed E-state index contributed by atoms with van der Waals surface area (Å²) in [7, 11) is 3.33. The number of anilines is 1. The molecular formula is C17H19N7O4S. The minimum atomic E-state index is -0.492. The number of rotatable bonds is 8. The molecule has 0 unspecified atom stereocenters. The first-order chi connectivity index (χ1) is 13.9. The predicted molar refractivity (Wildman–Crippen MR) is 107 cm³/mol. The number of benzene rings is 1. The van der Waals surface area contributed by atoms with Gasteiger partial charge in [0.1, 0.15) is 5.56 Å². The molecule has 3 aromatic rings. The number of nitro groups is 1. The largest absolute Gasteiger partial charge is 0.479 e. The molecule has 2 aromatic heterocycles. The number of carbonyl (C=O) groups excluding carboxylic acids is 1. The van der Waals surface area contributed by atoms with Gasteiger partial charge >= 0.3 is 0 Å². The monoisotopic (exact) mass is 417 g/mol. The highest BCUT2D eigenvalue weighted by atomic mass is 32.2. The molecule has 12 heteroatoms. The highest BCUT2D eigenvalue weighted by Gasteiger charge is 2.20. The lowest BCUT2D eigenvalue weighted by molar-refractivity contribution is -0.384. The standard InChI is InChI=1S/C17H19N7O4S/c1-4-23-15(13-9-22(2)21-16(13)28-3)19-20-17(23)29-10-14(25)18-11-5-7-12(8-6-11)24(26)27/h5-9H,4,10H2,1-3H3,(H,18,25). The van der Waals surface area contributed by atoms with E-state index in [1.807, 2.05) is 11.5 Å². The van der Waals surface area contributed by atoms with Crippen LogP contribution in [0, 0.1) is 10.1 Å². The van der Waals surface area contributed by atoms with Crippen molar-refractivity contribution in [3.8, 4) is 17.3 Å². The number of methoxy groups -OCH3 is 1. The van der Waals surface area contributed by atoms with Gasteiger partial charge in [-0.15, -0.1) is 15.3 Å². The van der Waals surface area contributed by atoms with E-state index < -0.39 is 4.92 Å². The number of nitro benzene ring substituents is 1. The van der Waals surface area contributed by atoms with Crippen LogP contribution < -0.4 is 10.1 Å². The third-order valence-electron chi connectivity index (χ3n) is 3.96. The summed E-state index contributed by atoms with van der Waals surface area (Å²) >= 11 is 1.24. The van der Waals surface area contributed by atoms with E-state index in [9.17, 15) is 14.9 Å². The first-order valence-corrected chi connectivity index (χ1v) is 9.59. The summed E-state index contributed by atoms with van der Waals surface area (Å²) in [6, 6.07) is 5.65. The van der Waals surface area contributed by atoms with E-state index in [1.165, 1.54) is 43.1 Å². The fourth-order valence-electron chi connectivity index (χ4n) is 2.65. The average Bonchev–Trinajstić information content (AvgIpc) is 3.28. The summed E-state index contributed by atoms with van der Waals surface area (Å²) in [5.41, 5.74) is 1.16. The highest BCUT2D eigenvalue weighted by molar-refractivity contribution is 7.99. The Bertz CT molecular complexity index is 1030. The Morgan fingerprint density at radius 3 is 2.66 bits per heavy atom. The Kier molecular flexibility index (Phi) is 6.12. The van der Waals surface area contributed by atoms with Gasteiger partial charge < -0.3 is 14.6 Å². The molecule has 11 nitrogen and oxygen atoms in total. The number of aryl methyl sites for hydroxylation is 1. The van der Waals surface area contributed by atoms with E-state index in [0.29, 0.717) is 34.7 Å². The minimum Gasteiger partial charge on any atom is -0.479 e. The molecule has 3 rings (SSSR count). The number of nitrogens with zero attached hydrogens (tertiary/aromatic N) is 6. The first kappa shape index (κ1) is 20.3. The van der Waals surface area contributed by atoms with Crippen molar-refractivity contribution < 1.29 is 14.5 Å². The van der Waals surface area contributed by atoms with Crippen LogP contribution in [-0.4, -0.2) is 48.2 Å². The number of amides is 1. The van der Waals surface area contributed by atoms with Crippen molar-refractivity contribution in [2.75, 3.05) is 18.2 Å². The van der Waals surface area contributed by atoms with Crippen LogP contribution in [0.15, 0.2) is 35.6 Å². The molecule has 29 heavy (non-hydrogen) atoms. The summed E-state index contributed by atoms with van der Waals surface area (Å²) in [5.74, 6) is 0.909. The van der Waals surface area contributed by atoms with Crippen molar-refractivity contribution in [2.45, 2.75) is 18.6 Å². The van der Waals surface area contributed by atoms with Gasteiger partial charge in [0.2, 0.25) is 11.8 Å². The van der Waals surface area contributed by atoms with Gasteiger partial charge in [-0.1, -0.05) is 11.8 Å². The van der Waals surface area contributed by atoms with E-state index in [1.54, 1.807) is 17.9 Å². The molecule has 0 bridgehead atoms. The number of thioether (sulfide) groups is 1. The Labute approximate surface area is 170 Å². The Hall–Kier alpha value is -3.41. The smallest absolute Gasteiger partial charge is 0.269 e. The Morgan fingerprint density at radius 1 is 1.31 bits per heavy atom. The zero-order valence-electron chi connectivity index (χ0n) is 16.0. The van der Waals surface area contributed by atoms with Gasteiger partial charge in [-0.05, 0) is 19.1 Å². The number of hydrogen-bond donors (Lipinski definition) is 1. The van der Waals surface area contributed by atoms with Gasteiger partial charge in [-0.25, -0.2) is 0 Å². The van der Waals surface area contributed by atoms with Crippen molar-refractivity contribution in [1.29, 1.82) is 0 Å². The minimum absolute atomic E-state index is 0.0354. The van der Waals surface area contributed by atoms with Crippen LogP contribution in [0.2, 0.25) is 0 Å². The van der Waals surface area contributed by atoms with Crippen molar-refractivity contribution in [3.05, 3.63) is 40.6 Å². The lowest BCUT2D eigenvalue weighted by atomic mass is 10.3. The topological polar surface area (TPSA) is 130 Å². The fraction of sp³-hybridized carbons (Fsp3) is 0.294. The summed E-state index contributed by atoms with van der Waals surface area (Å²) in [6.07, 6.45) is 1.80. The normalized spacial score (nSPS) is 10.7. The molecule has 2 heterocycles. The molecule has 0 aliphatic carbocycles. The lowest BCUT2D eigenvalue weighted by Crippen LogP contribution is -2.14. The summed E-state index contributed by atoms with van der Waals surface area (Å²) in [6.45, 7) is 2.56. The fourth-order valence-corrected chi connectivity index (χ4v) is 3.45. The Balaban J connectivity index is 1.68. The van der Waals surface area contributed by atoms with E-state index in [-0.39, 0.29) is 17.3 Å². The van der Waals surface area contributed by atoms with E-state index in [0.717, 1.165) is 0 Å². The van der Waals surface area contributed by atoms with Gasteiger partial charge in [0.05, 0.1) is 17.8 Å². The van der Waals surface area contributed by atoms with Crippen LogP contribution in [0.3, 0.4) is 0 Å². The maximum Gasteiger partial charge on any atom is 0.269 e. The SMILES string of the molecule is CCn1c(SCC(=O)Nc2ccc([N+](=O)[O-])cc2)nnc1-c1cn(C)nc1OC. The van der Waals surface area contributed by atoms with Gasteiger partial charge in [0.15, 0.2) is 11.0 Å². The van der Waals surface area contributed by atoms with Gasteiger partial charge in [0, 0.05) is 37.6 Å². The summed E-state index contributed by atoms with van der Waals surface area (Å²) < 4.78 is 8.80. The van der Waals surface area contributed by atoms with Crippen LogP contribution >= 0.6 is 11.8 Å². The maximum atomic E-state index is 12.2. The van der Waals surface area contributed by atoms with Crippen molar-refractivity contribution in [3.63, 3.8) is 0 Å². The van der Waals surface area contributed by atoms with Crippen LogP contribution in [0.5, 0.6) is 5.88 Å². The number of aromatic nitrogens is 5. The second-order valence-electron chi connectivity index (χ2n) is 5.92. The molecule has 1 amide bonds. The summed E-state index contributed by atoms with van der Waals surface area (Å²) in [5, 5.41) is 26.6. The number of non-ortho nitro benzene ring substituents is 1. The van der Waals surface area contributed by atoms with Crippen LogP contribution in [0.25, 0.3) is 11.4 Å². The van der Waals surface area contributed by atoms with Gasteiger partial charge in [0.25, 0.3) is 5.69 Å². The third kappa shape index (κ3) is 4.54. The molecule has 0 saturated heterocycles. The molecule has 0 saturated carbocycles. The van der Waals surface area contributed by atoms with E-state index in [4.69, 9.17) is 4.74 Å². The molecule has 152 valence electrons. The Morgan fingerprint density at radius 2 is 2.03 bits per heavy atom. The molecule has 0 fully saturated rings. The van der Waals surface area contributed by atoms with Crippen molar-refractivity contribution >= 4 is 29.0 Å². The molecule has 0 atom stereocenters. The second kappa shape index (κ2) is 8.73. The van der Waals surface area contributed by atoms with Crippen molar-refractivity contribution in [2.24, 2.45) is 7.05 Å². The molecule has 0 aliphatic rings. The zero-order valence-corrected chi connectivity index (χ0v) is 16.8. The van der Waals surface area contributed by atoms with E-state index in [2.05, 4.69) is 20.6 Å². The number of nitrogens with one attached hydrogen (secondary N) is 1. The van der Waals surface area contributed by atoms with Gasteiger partial charge in [-0.2, -0.15) is 0 Å². The van der Waals surface area contributed by atoms with Gasteiger partial charge in [-0.3, -0.25) is 19.6 Å². The molecule has 0 radical (unpaired) electrons. The first-order valence-electron chi connectivity index (χ1n) is 8.61. The number of carbonyl (C=O) groups is 1. The van der Waals surface area contributed by atoms with Crippen LogP contribution in [0.1, 0.15) is 6.92 Å². The average molecular weight is 417 g/mol. The number of hydrogen-bond acceptors (Lipinski definition) is 8. The van der Waals surface area contributed by atoms with E-state index >= 15 is 0 Å². The van der Waals surface area contributed by atoms with Crippen LogP contribution in [-0.2, 0) is 18.4 Å². The third-order valence-corrected chi connectivity index (χ3v) is 4.92. The molecule has 0 spiro atoms. The molecule has 0 aliphatic heterocycles. The predicted octanol–water partition coefficient (Wildman–Crippen LogP) is 2.35. The highest BCUT2D eigenvalue weighted by Crippen LogP contribution is 2.30. The summed E-state index contributed by atoms with van der Waals surface area (Å²) in [4.78, 5) is 22.4. The molecular weight excluding hydrogens is 398 g/mol.